The number of likely N-dealkylation sites (tertiary alicyclic amines) is 2. The third-order valence-corrected chi connectivity index (χ3v) is 8.24. The molecule has 0 spiro atoms. The summed E-state index contributed by atoms with van der Waals surface area (Å²) in [4.78, 5) is 43.2. The van der Waals surface area contributed by atoms with Crippen molar-refractivity contribution in [2.45, 2.75) is 77.5 Å². The molecule has 0 unspecified atom stereocenters. The number of carbonyl (C=O) groups is 3. The number of carbonyl (C=O) groups excluding carboxylic acids is 3. The molecule has 0 radical (unpaired) electrons. The molecule has 4 rings (SSSR count). The number of hydrogen-bond acceptors (Lipinski definition) is 7. The average molecular weight is 545 g/mol. The van der Waals surface area contributed by atoms with Crippen LogP contribution in [0.5, 0.6) is 5.75 Å². The molecule has 3 amide bonds. The van der Waals surface area contributed by atoms with Crippen LogP contribution in [0.1, 0.15) is 59.4 Å². The SMILES string of the molecule is CC(C)N(CCNC(=O)CN1CCCC1=O)C(C)C.CNC(=O)Oc1ccc2c(c1)[C@]1(C)CCN(C)[C@@H]1N2C. The van der Waals surface area contributed by atoms with E-state index in [2.05, 4.69) is 74.0 Å². The van der Waals surface area contributed by atoms with Crippen molar-refractivity contribution in [3.05, 3.63) is 23.8 Å². The molecule has 1 aromatic rings. The molecule has 10 nitrogen and oxygen atoms in total. The highest BCUT2D eigenvalue weighted by atomic mass is 16.5. The Morgan fingerprint density at radius 3 is 2.44 bits per heavy atom. The van der Waals surface area contributed by atoms with E-state index in [0.717, 1.165) is 32.5 Å². The van der Waals surface area contributed by atoms with Gasteiger partial charge in [-0.1, -0.05) is 6.92 Å². The van der Waals surface area contributed by atoms with Gasteiger partial charge in [-0.2, -0.15) is 0 Å². The van der Waals surface area contributed by atoms with Crippen LogP contribution in [0.25, 0.3) is 0 Å². The maximum absolute atomic E-state index is 11.7. The van der Waals surface area contributed by atoms with Gasteiger partial charge in [-0.3, -0.25) is 19.4 Å². The fraction of sp³-hybridized carbons (Fsp3) is 0.690. The number of benzene rings is 1. The Bertz CT molecular complexity index is 1020. The first-order chi connectivity index (χ1) is 18.4. The highest BCUT2D eigenvalue weighted by molar-refractivity contribution is 5.85. The Hall–Kier alpha value is -2.85. The lowest BCUT2D eigenvalue weighted by molar-refractivity contribution is -0.133. The summed E-state index contributed by atoms with van der Waals surface area (Å²) in [5, 5.41) is 5.37. The van der Waals surface area contributed by atoms with Gasteiger partial charge >= 0.3 is 6.09 Å². The van der Waals surface area contributed by atoms with Crippen molar-refractivity contribution in [1.29, 1.82) is 0 Å². The largest absolute Gasteiger partial charge is 0.412 e. The predicted octanol–water partition coefficient (Wildman–Crippen LogP) is 2.62. The number of hydrogen-bond donors (Lipinski definition) is 2. The minimum Gasteiger partial charge on any atom is -0.410 e. The highest BCUT2D eigenvalue weighted by Crippen LogP contribution is 2.51. The second-order valence-corrected chi connectivity index (χ2v) is 11.6. The van der Waals surface area contributed by atoms with Gasteiger partial charge in [-0.15, -0.1) is 0 Å². The van der Waals surface area contributed by atoms with E-state index < -0.39 is 6.09 Å². The lowest BCUT2D eigenvalue weighted by atomic mass is 9.81. The van der Waals surface area contributed by atoms with Gasteiger partial charge in [0.25, 0.3) is 0 Å². The molecule has 3 aliphatic rings. The Kier molecular flexibility index (Phi) is 10.2. The van der Waals surface area contributed by atoms with Crippen LogP contribution in [0.2, 0.25) is 0 Å². The van der Waals surface area contributed by atoms with Gasteiger partial charge in [0.05, 0.1) is 12.7 Å². The van der Waals surface area contributed by atoms with Gasteiger partial charge in [0.1, 0.15) is 5.75 Å². The third-order valence-electron chi connectivity index (χ3n) is 8.24. The van der Waals surface area contributed by atoms with Gasteiger partial charge in [-0.05, 0) is 71.3 Å². The summed E-state index contributed by atoms with van der Waals surface area (Å²) >= 11 is 0. The normalized spacial score (nSPS) is 22.2. The molecule has 0 bridgehead atoms. The number of fused-ring (bicyclic) bond motifs is 3. The van der Waals surface area contributed by atoms with Crippen LogP contribution in [-0.2, 0) is 15.0 Å². The molecule has 2 fully saturated rings. The maximum atomic E-state index is 11.7. The van der Waals surface area contributed by atoms with E-state index in [-0.39, 0.29) is 23.8 Å². The topological polar surface area (TPSA) is 97.5 Å². The van der Waals surface area contributed by atoms with Crippen molar-refractivity contribution < 1.29 is 19.1 Å². The van der Waals surface area contributed by atoms with Crippen LogP contribution in [0.15, 0.2) is 18.2 Å². The molecule has 3 heterocycles. The number of rotatable bonds is 8. The molecule has 3 aliphatic heterocycles. The van der Waals surface area contributed by atoms with E-state index in [1.165, 1.54) is 11.3 Å². The lowest BCUT2D eigenvalue weighted by Crippen LogP contribution is -2.45. The first-order valence-electron chi connectivity index (χ1n) is 14.2. The Morgan fingerprint density at radius 2 is 1.85 bits per heavy atom. The molecule has 2 atom stereocenters. The second kappa shape index (κ2) is 13.0. The van der Waals surface area contributed by atoms with Crippen LogP contribution in [0.3, 0.4) is 0 Å². The Morgan fingerprint density at radius 1 is 1.15 bits per heavy atom. The molecular weight excluding hydrogens is 496 g/mol. The number of nitrogens with one attached hydrogen (secondary N) is 2. The van der Waals surface area contributed by atoms with Gasteiger partial charge < -0.3 is 25.2 Å². The summed E-state index contributed by atoms with van der Waals surface area (Å²) in [5.74, 6) is 0.650. The van der Waals surface area contributed by atoms with Gasteiger partial charge in [0.15, 0.2) is 0 Å². The predicted molar refractivity (Wildman–Crippen MR) is 154 cm³/mol. The Balaban J connectivity index is 0.000000216. The molecule has 10 heteroatoms. The molecule has 2 N–H and O–H groups in total. The maximum Gasteiger partial charge on any atom is 0.412 e. The Labute approximate surface area is 234 Å². The summed E-state index contributed by atoms with van der Waals surface area (Å²) in [6.07, 6.45) is 2.53. The fourth-order valence-corrected chi connectivity index (χ4v) is 6.31. The highest BCUT2D eigenvalue weighted by Gasteiger charge is 2.52. The average Bonchev–Trinajstić information content (AvgIpc) is 3.49. The third kappa shape index (κ3) is 7.03. The zero-order chi connectivity index (χ0) is 28.9. The van der Waals surface area contributed by atoms with Gasteiger partial charge in [0, 0.05) is 69.9 Å². The molecule has 2 saturated heterocycles. The van der Waals surface area contributed by atoms with Crippen molar-refractivity contribution in [3.8, 4) is 5.75 Å². The summed E-state index contributed by atoms with van der Waals surface area (Å²) < 4.78 is 5.26. The first kappa shape index (κ1) is 30.7. The van der Waals surface area contributed by atoms with Gasteiger partial charge in [-0.25, -0.2) is 4.79 Å². The number of nitrogens with zero attached hydrogens (tertiary/aromatic N) is 4. The quantitative estimate of drug-likeness (QED) is 0.519. The molecule has 39 heavy (non-hydrogen) atoms. The summed E-state index contributed by atoms with van der Waals surface area (Å²) in [6, 6.07) is 6.86. The lowest BCUT2D eigenvalue weighted by Gasteiger charge is -2.32. The monoisotopic (exact) mass is 544 g/mol. The van der Waals surface area contributed by atoms with Crippen LogP contribution in [0.4, 0.5) is 10.5 Å². The number of ether oxygens (including phenoxy) is 1. The first-order valence-corrected chi connectivity index (χ1v) is 14.2. The molecule has 1 aromatic carbocycles. The smallest absolute Gasteiger partial charge is 0.410 e. The van der Waals surface area contributed by atoms with Crippen molar-refractivity contribution in [1.82, 2.24) is 25.3 Å². The van der Waals surface area contributed by atoms with E-state index in [1.54, 1.807) is 11.9 Å². The van der Waals surface area contributed by atoms with E-state index in [0.29, 0.717) is 37.0 Å². The molecule has 0 aliphatic carbocycles. The zero-order valence-corrected chi connectivity index (χ0v) is 25.0. The van der Waals surface area contributed by atoms with Crippen LogP contribution >= 0.6 is 0 Å². The standard InChI is InChI=1S/C15H21N3O2.C14H27N3O2/c1-15-7-8-17(3)13(15)18(4)12-6-5-10(9-11(12)15)20-14(19)16-2;1-11(2)17(12(3)4)9-7-15-13(18)10-16-8-5-6-14(16)19/h5-6,9,13H,7-8H2,1-4H3,(H,16,19);11-12H,5-10H2,1-4H3,(H,15,18)/t13-,15+;/m1./s1. The van der Waals surface area contributed by atoms with E-state index >= 15 is 0 Å². The van der Waals surface area contributed by atoms with Crippen LogP contribution in [0, 0.1) is 0 Å². The minimum atomic E-state index is -0.429. The zero-order valence-electron chi connectivity index (χ0n) is 25.0. The van der Waals surface area contributed by atoms with Crippen molar-refractivity contribution in [2.75, 3.05) is 58.8 Å². The molecule has 218 valence electrons. The van der Waals surface area contributed by atoms with E-state index in [1.807, 2.05) is 18.2 Å². The molecule has 0 aromatic heterocycles. The summed E-state index contributed by atoms with van der Waals surface area (Å²) in [6.45, 7) is 14.4. The van der Waals surface area contributed by atoms with E-state index in [4.69, 9.17) is 4.74 Å². The van der Waals surface area contributed by atoms with Crippen molar-refractivity contribution in [3.63, 3.8) is 0 Å². The van der Waals surface area contributed by atoms with Crippen LogP contribution < -0.4 is 20.3 Å². The number of anilines is 1. The number of amides is 3. The summed E-state index contributed by atoms with van der Waals surface area (Å²) in [5.41, 5.74) is 2.60. The number of likely N-dealkylation sites (N-methyl/N-ethyl adjacent to an activating group) is 2. The van der Waals surface area contributed by atoms with Crippen LogP contribution in [-0.4, -0.2) is 105 Å². The second-order valence-electron chi connectivity index (χ2n) is 11.6. The van der Waals surface area contributed by atoms with E-state index in [9.17, 15) is 14.4 Å². The fourth-order valence-electron chi connectivity index (χ4n) is 6.31. The molecular formula is C29H48N6O4. The van der Waals surface area contributed by atoms with Gasteiger partial charge in [0.2, 0.25) is 11.8 Å². The van der Waals surface area contributed by atoms with Crippen molar-refractivity contribution in [2.24, 2.45) is 0 Å². The molecule has 0 saturated carbocycles. The summed E-state index contributed by atoms with van der Waals surface area (Å²) in [7, 11) is 5.86. The minimum absolute atomic E-state index is 0.0530. The van der Waals surface area contributed by atoms with Crippen molar-refractivity contribution >= 4 is 23.6 Å².